The van der Waals surface area contributed by atoms with Crippen LogP contribution in [0.15, 0.2) is 18.2 Å². The van der Waals surface area contributed by atoms with Crippen LogP contribution in [-0.4, -0.2) is 47.4 Å². The number of hydrogen-bond donors (Lipinski definition) is 2. The number of aliphatic hydroxyl groups excluding tert-OH is 1. The van der Waals surface area contributed by atoms with Crippen LogP contribution in [0.5, 0.6) is 0 Å². The van der Waals surface area contributed by atoms with Crippen molar-refractivity contribution in [3.05, 3.63) is 35.1 Å². The van der Waals surface area contributed by atoms with Crippen molar-refractivity contribution in [3.8, 4) is 0 Å². The standard InChI is InChI=1S/C13H17FN2O2S/c14-10-1-2-12(13(15)19)9(5-10)6-16-3-4-18-11(7-16)8-17/h1-2,5,11,17H,3-4,6-8H2,(H2,15,19). The quantitative estimate of drug-likeness (QED) is 0.795. The van der Waals surface area contributed by atoms with E-state index in [4.69, 9.17) is 27.8 Å². The second-order valence-corrected chi connectivity index (χ2v) is 5.02. The van der Waals surface area contributed by atoms with Crippen molar-refractivity contribution in [2.24, 2.45) is 5.73 Å². The van der Waals surface area contributed by atoms with E-state index in [0.29, 0.717) is 25.3 Å². The van der Waals surface area contributed by atoms with Crippen molar-refractivity contribution < 1.29 is 14.2 Å². The molecular formula is C13H17FN2O2S. The van der Waals surface area contributed by atoms with Gasteiger partial charge in [0.05, 0.1) is 19.3 Å². The fraction of sp³-hybridized carbons (Fsp3) is 0.462. The first-order chi connectivity index (χ1) is 9.10. The van der Waals surface area contributed by atoms with Crippen molar-refractivity contribution in [1.29, 1.82) is 0 Å². The number of aliphatic hydroxyl groups is 1. The lowest BCUT2D eigenvalue weighted by Gasteiger charge is -2.32. The Morgan fingerprint density at radius 2 is 2.37 bits per heavy atom. The molecule has 3 N–H and O–H groups in total. The molecule has 1 heterocycles. The lowest BCUT2D eigenvalue weighted by Crippen LogP contribution is -2.43. The molecule has 1 aromatic rings. The van der Waals surface area contributed by atoms with Crippen molar-refractivity contribution in [2.45, 2.75) is 12.6 Å². The molecule has 1 aliphatic rings. The molecule has 2 rings (SSSR count). The third-order valence-electron chi connectivity index (χ3n) is 3.15. The van der Waals surface area contributed by atoms with Gasteiger partial charge in [-0.2, -0.15) is 0 Å². The first-order valence-electron chi connectivity index (χ1n) is 6.13. The summed E-state index contributed by atoms with van der Waals surface area (Å²) in [5.74, 6) is -0.304. The molecule has 0 radical (unpaired) electrons. The normalized spacial score (nSPS) is 20.4. The minimum Gasteiger partial charge on any atom is -0.394 e. The number of morpholine rings is 1. The van der Waals surface area contributed by atoms with Crippen LogP contribution in [0, 0.1) is 5.82 Å². The Balaban J connectivity index is 2.13. The number of thiocarbonyl (C=S) groups is 1. The zero-order chi connectivity index (χ0) is 13.8. The smallest absolute Gasteiger partial charge is 0.123 e. The highest BCUT2D eigenvalue weighted by atomic mass is 32.1. The lowest BCUT2D eigenvalue weighted by atomic mass is 10.1. The summed E-state index contributed by atoms with van der Waals surface area (Å²) in [7, 11) is 0. The summed E-state index contributed by atoms with van der Waals surface area (Å²) in [5, 5.41) is 9.11. The van der Waals surface area contributed by atoms with E-state index in [2.05, 4.69) is 4.90 Å². The predicted molar refractivity (Wildman–Crippen MR) is 74.4 cm³/mol. The van der Waals surface area contributed by atoms with E-state index in [-0.39, 0.29) is 23.5 Å². The average Bonchev–Trinajstić information content (AvgIpc) is 2.38. The van der Waals surface area contributed by atoms with Crippen molar-refractivity contribution in [3.63, 3.8) is 0 Å². The number of ether oxygens (including phenoxy) is 1. The van der Waals surface area contributed by atoms with E-state index in [9.17, 15) is 4.39 Å². The number of benzene rings is 1. The molecule has 19 heavy (non-hydrogen) atoms. The first-order valence-corrected chi connectivity index (χ1v) is 6.54. The van der Waals surface area contributed by atoms with Gasteiger partial charge in [-0.05, 0) is 23.8 Å². The van der Waals surface area contributed by atoms with E-state index in [0.717, 1.165) is 12.1 Å². The first kappa shape index (κ1) is 14.3. The highest BCUT2D eigenvalue weighted by Gasteiger charge is 2.20. The molecule has 0 aromatic heterocycles. The van der Waals surface area contributed by atoms with Crippen LogP contribution < -0.4 is 5.73 Å². The molecule has 0 amide bonds. The summed E-state index contributed by atoms with van der Waals surface area (Å²) in [6, 6.07) is 4.42. The fourth-order valence-electron chi connectivity index (χ4n) is 2.21. The van der Waals surface area contributed by atoms with E-state index in [1.165, 1.54) is 12.1 Å². The molecule has 6 heteroatoms. The van der Waals surface area contributed by atoms with Gasteiger partial charge in [-0.15, -0.1) is 0 Å². The monoisotopic (exact) mass is 284 g/mol. The Morgan fingerprint density at radius 1 is 1.58 bits per heavy atom. The Hall–Kier alpha value is -1.08. The van der Waals surface area contributed by atoms with Gasteiger partial charge >= 0.3 is 0 Å². The summed E-state index contributed by atoms with van der Waals surface area (Å²) in [4.78, 5) is 2.36. The maximum Gasteiger partial charge on any atom is 0.123 e. The average molecular weight is 284 g/mol. The third-order valence-corrected chi connectivity index (χ3v) is 3.37. The topological polar surface area (TPSA) is 58.7 Å². The van der Waals surface area contributed by atoms with Gasteiger partial charge in [0.2, 0.25) is 0 Å². The molecule has 4 nitrogen and oxygen atoms in total. The summed E-state index contributed by atoms with van der Waals surface area (Å²) >= 11 is 4.98. The number of rotatable bonds is 4. The molecule has 1 fully saturated rings. The van der Waals surface area contributed by atoms with Gasteiger partial charge < -0.3 is 15.6 Å². The van der Waals surface area contributed by atoms with Crippen molar-refractivity contribution in [1.82, 2.24) is 4.90 Å². The summed E-state index contributed by atoms with van der Waals surface area (Å²) in [5.41, 5.74) is 7.12. The number of hydrogen-bond acceptors (Lipinski definition) is 4. The predicted octanol–water partition coefficient (Wildman–Crippen LogP) is 0.653. The Labute approximate surface area is 117 Å². The van der Waals surface area contributed by atoms with Gasteiger partial charge in [-0.25, -0.2) is 4.39 Å². The molecular weight excluding hydrogens is 267 g/mol. The third kappa shape index (κ3) is 3.70. The van der Waals surface area contributed by atoms with E-state index >= 15 is 0 Å². The van der Waals surface area contributed by atoms with E-state index < -0.39 is 0 Å². The Morgan fingerprint density at radius 3 is 3.05 bits per heavy atom. The van der Waals surface area contributed by atoms with Gasteiger partial charge in [0.1, 0.15) is 10.8 Å². The van der Waals surface area contributed by atoms with Gasteiger partial charge in [0.15, 0.2) is 0 Å². The van der Waals surface area contributed by atoms with Gasteiger partial charge in [0.25, 0.3) is 0 Å². The maximum atomic E-state index is 13.3. The van der Waals surface area contributed by atoms with Gasteiger partial charge in [-0.3, -0.25) is 4.90 Å². The number of nitrogens with zero attached hydrogens (tertiary/aromatic N) is 1. The molecule has 104 valence electrons. The number of nitrogens with two attached hydrogens (primary N) is 1. The molecule has 0 bridgehead atoms. The largest absolute Gasteiger partial charge is 0.394 e. The van der Waals surface area contributed by atoms with Crippen LogP contribution in [-0.2, 0) is 11.3 Å². The van der Waals surface area contributed by atoms with Gasteiger partial charge in [0, 0.05) is 25.2 Å². The zero-order valence-electron chi connectivity index (χ0n) is 10.5. The SMILES string of the molecule is NC(=S)c1ccc(F)cc1CN1CCOC(CO)C1. The van der Waals surface area contributed by atoms with Crippen LogP contribution in [0.3, 0.4) is 0 Å². The van der Waals surface area contributed by atoms with E-state index in [1.807, 2.05) is 0 Å². The van der Waals surface area contributed by atoms with E-state index in [1.54, 1.807) is 6.07 Å². The number of halogens is 1. The fourth-order valence-corrected chi connectivity index (χ4v) is 2.41. The molecule has 1 aromatic carbocycles. The molecule has 0 aliphatic carbocycles. The molecule has 1 atom stereocenters. The Kier molecular flexibility index (Phi) is 4.81. The molecule has 0 saturated carbocycles. The second-order valence-electron chi connectivity index (χ2n) is 4.58. The summed E-state index contributed by atoms with van der Waals surface area (Å²) < 4.78 is 18.7. The summed E-state index contributed by atoms with van der Waals surface area (Å²) in [6.07, 6.45) is -0.185. The van der Waals surface area contributed by atoms with Crippen LogP contribution >= 0.6 is 12.2 Å². The molecule has 1 aliphatic heterocycles. The zero-order valence-corrected chi connectivity index (χ0v) is 11.3. The maximum absolute atomic E-state index is 13.3. The van der Waals surface area contributed by atoms with Crippen molar-refractivity contribution in [2.75, 3.05) is 26.3 Å². The van der Waals surface area contributed by atoms with Crippen LogP contribution in [0.25, 0.3) is 0 Å². The van der Waals surface area contributed by atoms with Crippen LogP contribution in [0.1, 0.15) is 11.1 Å². The molecule has 1 saturated heterocycles. The second kappa shape index (κ2) is 6.38. The Bertz CT molecular complexity index is 470. The minimum atomic E-state index is -0.304. The highest BCUT2D eigenvalue weighted by molar-refractivity contribution is 7.80. The van der Waals surface area contributed by atoms with Crippen LogP contribution in [0.4, 0.5) is 4.39 Å². The molecule has 0 spiro atoms. The summed E-state index contributed by atoms with van der Waals surface area (Å²) in [6.45, 7) is 2.45. The highest BCUT2D eigenvalue weighted by Crippen LogP contribution is 2.16. The molecule has 1 unspecified atom stereocenters. The van der Waals surface area contributed by atoms with Gasteiger partial charge in [-0.1, -0.05) is 12.2 Å². The lowest BCUT2D eigenvalue weighted by molar-refractivity contribution is -0.0551. The minimum absolute atomic E-state index is 0.0121. The van der Waals surface area contributed by atoms with Crippen LogP contribution in [0.2, 0.25) is 0 Å². The van der Waals surface area contributed by atoms with Crippen molar-refractivity contribution >= 4 is 17.2 Å².